The normalized spacial score (nSPS) is 11.5. The van der Waals surface area contributed by atoms with E-state index in [1.54, 1.807) is 24.3 Å². The van der Waals surface area contributed by atoms with Gasteiger partial charge in [-0.15, -0.1) is 0 Å². The molecule has 6 nitrogen and oxygen atoms in total. The lowest BCUT2D eigenvalue weighted by Crippen LogP contribution is -2.16. The molecule has 0 spiro atoms. The standard InChI is InChI=1S/C23H22N2O4/c1-2-29-21-13-11-19(12-14-21)24-22(16-23(26)17-7-4-3-5-8-17)18-9-6-10-20(15-18)25(27)28/h3-15,22,24H,2,16H2,1H3. The smallest absolute Gasteiger partial charge is 0.269 e. The Balaban J connectivity index is 1.87. The van der Waals surface area contributed by atoms with Gasteiger partial charge in [-0.05, 0) is 36.8 Å². The molecule has 3 aromatic rings. The number of rotatable bonds is 9. The van der Waals surface area contributed by atoms with E-state index in [1.807, 2.05) is 49.4 Å². The van der Waals surface area contributed by atoms with E-state index in [-0.39, 0.29) is 17.9 Å². The third-order valence-corrected chi connectivity index (χ3v) is 4.47. The maximum Gasteiger partial charge on any atom is 0.269 e. The number of nitrogens with one attached hydrogen (secondary N) is 1. The van der Waals surface area contributed by atoms with Gasteiger partial charge in [0.25, 0.3) is 5.69 Å². The Kier molecular flexibility index (Phi) is 6.58. The van der Waals surface area contributed by atoms with Crippen LogP contribution in [0, 0.1) is 10.1 Å². The average Bonchev–Trinajstić information content (AvgIpc) is 2.75. The number of nitro benzene ring substituents is 1. The van der Waals surface area contributed by atoms with Crippen LogP contribution in [0.4, 0.5) is 11.4 Å². The number of carbonyl (C=O) groups is 1. The van der Waals surface area contributed by atoms with Gasteiger partial charge in [0.1, 0.15) is 5.75 Å². The molecule has 0 aliphatic carbocycles. The minimum atomic E-state index is -0.434. The summed E-state index contributed by atoms with van der Waals surface area (Å²) in [5, 5.41) is 14.5. The number of Topliss-reactive ketones (excluding diaryl/α,β-unsaturated/α-hetero) is 1. The summed E-state index contributed by atoms with van der Waals surface area (Å²) < 4.78 is 5.46. The molecule has 0 saturated heterocycles. The number of benzene rings is 3. The summed E-state index contributed by atoms with van der Waals surface area (Å²) in [6.45, 7) is 2.49. The summed E-state index contributed by atoms with van der Waals surface area (Å²) >= 11 is 0. The van der Waals surface area contributed by atoms with Gasteiger partial charge in [-0.3, -0.25) is 14.9 Å². The van der Waals surface area contributed by atoms with Gasteiger partial charge in [-0.25, -0.2) is 0 Å². The molecule has 0 aliphatic heterocycles. The molecule has 0 aliphatic rings. The average molecular weight is 390 g/mol. The molecular formula is C23H22N2O4. The number of nitro groups is 1. The molecule has 0 fully saturated rings. The maximum absolute atomic E-state index is 12.8. The van der Waals surface area contributed by atoms with Crippen LogP contribution in [0.1, 0.15) is 35.3 Å². The first-order chi connectivity index (χ1) is 14.1. The third kappa shape index (κ3) is 5.42. The van der Waals surface area contributed by atoms with E-state index in [9.17, 15) is 14.9 Å². The lowest BCUT2D eigenvalue weighted by Gasteiger charge is -2.20. The molecule has 148 valence electrons. The first-order valence-corrected chi connectivity index (χ1v) is 9.39. The van der Waals surface area contributed by atoms with E-state index in [4.69, 9.17) is 4.74 Å². The van der Waals surface area contributed by atoms with E-state index < -0.39 is 11.0 Å². The lowest BCUT2D eigenvalue weighted by atomic mass is 9.97. The molecule has 3 rings (SSSR count). The van der Waals surface area contributed by atoms with Crippen molar-refractivity contribution in [1.29, 1.82) is 0 Å². The minimum Gasteiger partial charge on any atom is -0.494 e. The maximum atomic E-state index is 12.8. The zero-order valence-corrected chi connectivity index (χ0v) is 16.1. The predicted octanol–water partition coefficient (Wildman–Crippen LogP) is 5.42. The second kappa shape index (κ2) is 9.50. The van der Waals surface area contributed by atoms with Crippen molar-refractivity contribution in [3.8, 4) is 5.75 Å². The quantitative estimate of drug-likeness (QED) is 0.300. The molecule has 0 radical (unpaired) electrons. The predicted molar refractivity (Wildman–Crippen MR) is 112 cm³/mol. The van der Waals surface area contributed by atoms with Crippen LogP contribution in [0.5, 0.6) is 5.75 Å². The summed E-state index contributed by atoms with van der Waals surface area (Å²) in [5.41, 5.74) is 2.08. The Hall–Kier alpha value is -3.67. The molecule has 0 heterocycles. The van der Waals surface area contributed by atoms with Crippen molar-refractivity contribution in [2.75, 3.05) is 11.9 Å². The van der Waals surface area contributed by atoms with E-state index >= 15 is 0 Å². The van der Waals surface area contributed by atoms with Gasteiger partial charge in [0, 0.05) is 29.8 Å². The summed E-state index contributed by atoms with van der Waals surface area (Å²) in [7, 11) is 0. The Labute approximate surface area is 169 Å². The molecule has 0 saturated carbocycles. The third-order valence-electron chi connectivity index (χ3n) is 4.47. The molecule has 1 N–H and O–H groups in total. The van der Waals surface area contributed by atoms with Crippen LogP contribution < -0.4 is 10.1 Å². The van der Waals surface area contributed by atoms with Crippen molar-refractivity contribution in [3.05, 3.63) is 100 Å². The Morgan fingerprint density at radius 3 is 2.41 bits per heavy atom. The first kappa shape index (κ1) is 20.1. The van der Waals surface area contributed by atoms with Gasteiger partial charge in [-0.2, -0.15) is 0 Å². The Bertz CT molecular complexity index is 972. The second-order valence-electron chi connectivity index (χ2n) is 6.50. The number of hydrogen-bond acceptors (Lipinski definition) is 5. The molecule has 1 atom stereocenters. The van der Waals surface area contributed by atoms with Crippen LogP contribution in [0.25, 0.3) is 0 Å². The highest BCUT2D eigenvalue weighted by atomic mass is 16.6. The van der Waals surface area contributed by atoms with Crippen molar-refractivity contribution in [3.63, 3.8) is 0 Å². The van der Waals surface area contributed by atoms with Crippen LogP contribution in [0.2, 0.25) is 0 Å². The van der Waals surface area contributed by atoms with E-state index in [2.05, 4.69) is 5.32 Å². The van der Waals surface area contributed by atoms with Crippen LogP contribution in [-0.4, -0.2) is 17.3 Å². The van der Waals surface area contributed by atoms with Gasteiger partial charge >= 0.3 is 0 Å². The molecule has 0 amide bonds. The van der Waals surface area contributed by atoms with Crippen LogP contribution in [-0.2, 0) is 0 Å². The molecule has 6 heteroatoms. The molecule has 29 heavy (non-hydrogen) atoms. The second-order valence-corrected chi connectivity index (χ2v) is 6.50. The fraction of sp³-hybridized carbons (Fsp3) is 0.174. The largest absolute Gasteiger partial charge is 0.494 e. The fourth-order valence-electron chi connectivity index (χ4n) is 3.05. The van der Waals surface area contributed by atoms with Crippen molar-refractivity contribution >= 4 is 17.2 Å². The van der Waals surface area contributed by atoms with E-state index in [0.29, 0.717) is 17.7 Å². The SMILES string of the molecule is CCOc1ccc(NC(CC(=O)c2ccccc2)c2cccc([N+](=O)[O-])c2)cc1. The summed E-state index contributed by atoms with van der Waals surface area (Å²) in [4.78, 5) is 23.5. The molecule has 0 bridgehead atoms. The fourth-order valence-corrected chi connectivity index (χ4v) is 3.05. The first-order valence-electron chi connectivity index (χ1n) is 9.39. The molecule has 3 aromatic carbocycles. The molecule has 0 aromatic heterocycles. The minimum absolute atomic E-state index is 0.00634. The van der Waals surface area contributed by atoms with Crippen molar-refractivity contribution in [2.24, 2.45) is 0 Å². The highest BCUT2D eigenvalue weighted by Crippen LogP contribution is 2.28. The number of non-ortho nitro benzene ring substituents is 1. The van der Waals surface area contributed by atoms with Crippen LogP contribution in [0.15, 0.2) is 78.9 Å². The van der Waals surface area contributed by atoms with Gasteiger partial charge in [-0.1, -0.05) is 42.5 Å². The Morgan fingerprint density at radius 2 is 1.76 bits per heavy atom. The summed E-state index contributed by atoms with van der Waals surface area (Å²) in [6.07, 6.45) is 0.165. The van der Waals surface area contributed by atoms with Gasteiger partial charge in [0.15, 0.2) is 5.78 Å². The number of ketones is 1. The topological polar surface area (TPSA) is 81.5 Å². The van der Waals surface area contributed by atoms with Gasteiger partial charge < -0.3 is 10.1 Å². The number of carbonyl (C=O) groups excluding carboxylic acids is 1. The zero-order chi connectivity index (χ0) is 20.6. The summed E-state index contributed by atoms with van der Waals surface area (Å²) in [5.74, 6) is 0.714. The number of nitrogens with zero attached hydrogens (tertiary/aromatic N) is 1. The summed E-state index contributed by atoms with van der Waals surface area (Å²) in [6, 6.07) is 22.4. The Morgan fingerprint density at radius 1 is 1.03 bits per heavy atom. The van der Waals surface area contributed by atoms with Gasteiger partial charge in [0.2, 0.25) is 0 Å². The molecular weight excluding hydrogens is 368 g/mol. The lowest BCUT2D eigenvalue weighted by molar-refractivity contribution is -0.384. The highest BCUT2D eigenvalue weighted by molar-refractivity contribution is 5.96. The van der Waals surface area contributed by atoms with Crippen molar-refractivity contribution < 1.29 is 14.5 Å². The zero-order valence-electron chi connectivity index (χ0n) is 16.1. The van der Waals surface area contributed by atoms with Gasteiger partial charge in [0.05, 0.1) is 17.6 Å². The van der Waals surface area contributed by atoms with Crippen molar-refractivity contribution in [2.45, 2.75) is 19.4 Å². The highest BCUT2D eigenvalue weighted by Gasteiger charge is 2.19. The monoisotopic (exact) mass is 390 g/mol. The number of anilines is 1. The molecule has 1 unspecified atom stereocenters. The number of ether oxygens (including phenoxy) is 1. The van der Waals surface area contributed by atoms with Crippen LogP contribution >= 0.6 is 0 Å². The van der Waals surface area contributed by atoms with E-state index in [1.165, 1.54) is 12.1 Å². The van der Waals surface area contributed by atoms with Crippen molar-refractivity contribution in [1.82, 2.24) is 0 Å². The van der Waals surface area contributed by atoms with E-state index in [0.717, 1.165) is 11.4 Å². The number of hydrogen-bond donors (Lipinski definition) is 1. The van der Waals surface area contributed by atoms with Crippen LogP contribution in [0.3, 0.4) is 0 Å².